The van der Waals surface area contributed by atoms with Gasteiger partial charge in [0.15, 0.2) is 0 Å². The third-order valence-corrected chi connectivity index (χ3v) is 2.35. The minimum Gasteiger partial charge on any atom is -0.481 e. The molecule has 1 atom stereocenters. The molecule has 0 saturated carbocycles. The molecule has 1 aromatic rings. The van der Waals surface area contributed by atoms with Crippen LogP contribution in [-0.2, 0) is 11.0 Å². The summed E-state index contributed by atoms with van der Waals surface area (Å²) < 4.78 is 73.8. The number of halogens is 6. The molecule has 2 nitrogen and oxygen atoms in total. The summed E-state index contributed by atoms with van der Waals surface area (Å²) in [7, 11) is 0. The highest BCUT2D eigenvalue weighted by atomic mass is 19.4. The van der Waals surface area contributed by atoms with Crippen molar-refractivity contribution in [1.82, 2.24) is 0 Å². The maximum atomic E-state index is 12.4. The number of hydrogen-bond acceptors (Lipinski definition) is 1. The molecule has 0 radical (unpaired) electrons. The molecule has 106 valence electrons. The molecule has 0 heterocycles. The number of hydrogen-bond donors (Lipinski definition) is 1. The number of carbonyl (C=O) groups is 1. The third-order valence-electron chi connectivity index (χ3n) is 2.35. The van der Waals surface area contributed by atoms with Crippen LogP contribution in [0.1, 0.15) is 23.5 Å². The van der Waals surface area contributed by atoms with Gasteiger partial charge in [0.2, 0.25) is 0 Å². The second-order valence-electron chi connectivity index (χ2n) is 3.83. The van der Waals surface area contributed by atoms with E-state index in [-0.39, 0.29) is 0 Å². The summed E-state index contributed by atoms with van der Waals surface area (Å²) in [5, 5.41) is 8.70. The fourth-order valence-corrected chi connectivity index (χ4v) is 1.51. The number of benzene rings is 1. The number of carboxylic acids is 1. The zero-order valence-corrected chi connectivity index (χ0v) is 9.22. The van der Waals surface area contributed by atoms with Crippen LogP contribution in [-0.4, -0.2) is 17.3 Å². The first-order valence-corrected chi connectivity index (χ1v) is 4.97. The van der Waals surface area contributed by atoms with Gasteiger partial charge in [-0.15, -0.1) is 0 Å². The van der Waals surface area contributed by atoms with E-state index in [1.54, 1.807) is 0 Å². The summed E-state index contributed by atoms with van der Waals surface area (Å²) in [4.78, 5) is 10.8. The topological polar surface area (TPSA) is 37.3 Å². The van der Waals surface area contributed by atoms with Gasteiger partial charge in [-0.25, -0.2) is 0 Å². The molecule has 8 heteroatoms. The van der Waals surface area contributed by atoms with Gasteiger partial charge in [-0.1, -0.05) is 18.2 Å². The van der Waals surface area contributed by atoms with Crippen molar-refractivity contribution in [2.45, 2.75) is 24.7 Å². The first kappa shape index (κ1) is 15.3. The van der Waals surface area contributed by atoms with E-state index in [1.165, 1.54) is 0 Å². The Bertz CT molecular complexity index is 463. The van der Waals surface area contributed by atoms with Crippen molar-refractivity contribution in [3.63, 3.8) is 0 Å². The second kappa shape index (κ2) is 5.10. The minimum absolute atomic E-state index is 0.421. The molecule has 1 aromatic carbocycles. The Morgan fingerprint density at radius 2 is 1.74 bits per heavy atom. The fourth-order valence-electron chi connectivity index (χ4n) is 1.51. The second-order valence-corrected chi connectivity index (χ2v) is 3.83. The molecule has 0 fully saturated rings. The Morgan fingerprint density at radius 3 is 2.16 bits per heavy atom. The van der Waals surface area contributed by atoms with Crippen LogP contribution in [0.4, 0.5) is 26.3 Å². The highest BCUT2D eigenvalue weighted by Crippen LogP contribution is 2.35. The average molecular weight is 286 g/mol. The molecular formula is C11H8F6O2. The van der Waals surface area contributed by atoms with Gasteiger partial charge >= 0.3 is 18.3 Å². The van der Waals surface area contributed by atoms with Crippen LogP contribution in [0.3, 0.4) is 0 Å². The molecule has 0 unspecified atom stereocenters. The molecule has 1 rings (SSSR count). The van der Waals surface area contributed by atoms with Crippen LogP contribution in [0.5, 0.6) is 0 Å². The van der Waals surface area contributed by atoms with Gasteiger partial charge in [-0.2, -0.15) is 26.3 Å². The number of alkyl halides is 6. The maximum absolute atomic E-state index is 12.4. The lowest BCUT2D eigenvalue weighted by Gasteiger charge is -2.16. The van der Waals surface area contributed by atoms with Crippen molar-refractivity contribution in [1.29, 1.82) is 0 Å². The smallest absolute Gasteiger partial charge is 0.416 e. The van der Waals surface area contributed by atoms with Gasteiger partial charge in [0.1, 0.15) is 0 Å². The van der Waals surface area contributed by atoms with Crippen LogP contribution in [0.2, 0.25) is 0 Å². The van der Waals surface area contributed by atoms with E-state index in [2.05, 4.69) is 0 Å². The normalized spacial score (nSPS) is 14.2. The van der Waals surface area contributed by atoms with E-state index in [0.29, 0.717) is 12.1 Å². The van der Waals surface area contributed by atoms with Gasteiger partial charge in [-0.3, -0.25) is 4.79 Å². The molecule has 1 N–H and O–H groups in total. The Hall–Kier alpha value is -1.73. The van der Waals surface area contributed by atoms with Crippen molar-refractivity contribution in [2.24, 2.45) is 0 Å². The summed E-state index contributed by atoms with van der Waals surface area (Å²) in [6.45, 7) is 0. The predicted octanol–water partition coefficient (Wildman–Crippen LogP) is 3.83. The van der Waals surface area contributed by atoms with Crippen molar-refractivity contribution >= 4 is 5.97 Å². The zero-order valence-electron chi connectivity index (χ0n) is 9.22. The minimum atomic E-state index is -4.78. The predicted molar refractivity (Wildman–Crippen MR) is 52.5 cm³/mol. The first-order chi connectivity index (χ1) is 8.50. The van der Waals surface area contributed by atoms with Gasteiger partial charge in [0, 0.05) is 0 Å². The van der Waals surface area contributed by atoms with Crippen molar-refractivity contribution in [2.75, 3.05) is 0 Å². The quantitative estimate of drug-likeness (QED) is 0.857. The van der Waals surface area contributed by atoms with Crippen LogP contribution in [0.25, 0.3) is 0 Å². The molecule has 0 bridgehead atoms. The summed E-state index contributed by atoms with van der Waals surface area (Å²) in [6, 6.07) is 2.89. The SMILES string of the molecule is O=C(O)[C@@H](CC(F)(F)F)c1cccc(C(F)(F)F)c1. The Labute approximate surface area is 103 Å². The van der Waals surface area contributed by atoms with Crippen LogP contribution in [0.15, 0.2) is 24.3 Å². The van der Waals surface area contributed by atoms with E-state index in [1.807, 2.05) is 0 Å². The van der Waals surface area contributed by atoms with Gasteiger partial charge in [-0.05, 0) is 11.6 Å². The highest BCUT2D eigenvalue weighted by Gasteiger charge is 2.37. The lowest BCUT2D eigenvalue weighted by atomic mass is 9.94. The Balaban J connectivity index is 3.14. The van der Waals surface area contributed by atoms with Crippen LogP contribution in [0, 0.1) is 0 Å². The van der Waals surface area contributed by atoms with Crippen molar-refractivity contribution in [3.05, 3.63) is 35.4 Å². The Kier molecular flexibility index (Phi) is 4.12. The average Bonchev–Trinajstić information content (AvgIpc) is 2.23. The van der Waals surface area contributed by atoms with E-state index in [0.717, 1.165) is 12.1 Å². The molecule has 0 aliphatic carbocycles. The summed E-state index contributed by atoms with van der Waals surface area (Å²) in [5.74, 6) is -3.88. The van der Waals surface area contributed by atoms with E-state index in [4.69, 9.17) is 5.11 Å². The number of rotatable bonds is 3. The molecule has 19 heavy (non-hydrogen) atoms. The van der Waals surface area contributed by atoms with Gasteiger partial charge < -0.3 is 5.11 Å². The molecular weight excluding hydrogens is 278 g/mol. The Morgan fingerprint density at radius 1 is 1.16 bits per heavy atom. The summed E-state index contributed by atoms with van der Waals surface area (Å²) in [6.07, 6.45) is -11.2. The molecule has 0 spiro atoms. The lowest BCUT2D eigenvalue weighted by molar-refractivity contribution is -0.157. The summed E-state index contributed by atoms with van der Waals surface area (Å²) in [5.41, 5.74) is -1.71. The first-order valence-electron chi connectivity index (χ1n) is 4.97. The maximum Gasteiger partial charge on any atom is 0.416 e. The third kappa shape index (κ3) is 4.46. The van der Waals surface area contributed by atoms with E-state index >= 15 is 0 Å². The van der Waals surface area contributed by atoms with Crippen LogP contribution < -0.4 is 0 Å². The number of aliphatic carboxylic acids is 1. The highest BCUT2D eigenvalue weighted by molar-refractivity contribution is 5.76. The van der Waals surface area contributed by atoms with E-state index in [9.17, 15) is 31.1 Å². The monoisotopic (exact) mass is 286 g/mol. The summed E-state index contributed by atoms with van der Waals surface area (Å²) >= 11 is 0. The van der Waals surface area contributed by atoms with Crippen molar-refractivity contribution < 1.29 is 36.2 Å². The largest absolute Gasteiger partial charge is 0.481 e. The lowest BCUT2D eigenvalue weighted by Crippen LogP contribution is -2.21. The van der Waals surface area contributed by atoms with E-state index < -0.39 is 41.8 Å². The fraction of sp³-hybridized carbons (Fsp3) is 0.364. The van der Waals surface area contributed by atoms with Crippen molar-refractivity contribution in [3.8, 4) is 0 Å². The van der Waals surface area contributed by atoms with Crippen LogP contribution >= 0.6 is 0 Å². The molecule has 0 aliphatic rings. The molecule has 0 amide bonds. The molecule has 0 saturated heterocycles. The van der Waals surface area contributed by atoms with Gasteiger partial charge in [0.05, 0.1) is 17.9 Å². The van der Waals surface area contributed by atoms with Gasteiger partial charge in [0.25, 0.3) is 0 Å². The molecule has 0 aromatic heterocycles. The number of carboxylic acid groups (broad SMARTS) is 1. The molecule has 0 aliphatic heterocycles. The standard InChI is InChI=1S/C11H8F6O2/c12-10(13,14)5-8(9(18)19)6-2-1-3-7(4-6)11(15,16)17/h1-4,8H,5H2,(H,18,19)/t8-/m0/s1. The zero-order chi connectivity index (χ0) is 14.8.